The molecule has 4 heteroatoms. The lowest BCUT2D eigenvalue weighted by atomic mass is 10.1. The average molecular weight is 321 g/mol. The molecule has 3 nitrogen and oxygen atoms in total. The van der Waals surface area contributed by atoms with Gasteiger partial charge in [-0.1, -0.05) is 28.1 Å². The molecule has 0 atom stereocenters. The van der Waals surface area contributed by atoms with Crippen LogP contribution in [0.2, 0.25) is 0 Å². The highest BCUT2D eigenvalue weighted by Crippen LogP contribution is 2.34. The number of Topliss-reactive ketones (excluding diaryl/α,β-unsaturated/α-hetero) is 1. The molecule has 2 aromatic rings. The molecule has 0 aromatic heterocycles. The van der Waals surface area contributed by atoms with Crippen LogP contribution in [0.4, 0.5) is 0 Å². The molecule has 0 N–H and O–H groups in total. The summed E-state index contributed by atoms with van der Waals surface area (Å²) in [6.07, 6.45) is 0. The summed E-state index contributed by atoms with van der Waals surface area (Å²) in [5.74, 6) is 1.66. The van der Waals surface area contributed by atoms with Gasteiger partial charge in [0.25, 0.3) is 0 Å². The minimum Gasteiger partial charge on any atom is -0.493 e. The second-order valence-electron chi connectivity index (χ2n) is 3.95. The zero-order chi connectivity index (χ0) is 13.8. The predicted molar refractivity (Wildman–Crippen MR) is 77.2 cm³/mol. The fraction of sp³-hybridized carbons (Fsp3) is 0.133. The highest BCUT2D eigenvalue weighted by molar-refractivity contribution is 9.10. The number of hydrogen-bond donors (Lipinski definition) is 0. The molecule has 0 aliphatic carbocycles. The molecule has 0 aliphatic heterocycles. The van der Waals surface area contributed by atoms with Crippen LogP contribution < -0.4 is 9.47 Å². The first-order valence-corrected chi connectivity index (χ1v) is 6.52. The summed E-state index contributed by atoms with van der Waals surface area (Å²) < 4.78 is 11.9. The quantitative estimate of drug-likeness (QED) is 0.780. The Balaban J connectivity index is 2.42. The number of hydrogen-bond acceptors (Lipinski definition) is 3. The molecule has 0 bridgehead atoms. The number of benzene rings is 2. The van der Waals surface area contributed by atoms with Crippen molar-refractivity contribution in [3.63, 3.8) is 0 Å². The van der Waals surface area contributed by atoms with E-state index in [4.69, 9.17) is 9.47 Å². The second-order valence-corrected chi connectivity index (χ2v) is 4.87. The van der Waals surface area contributed by atoms with Gasteiger partial charge in [0.1, 0.15) is 5.75 Å². The number of methoxy groups -OCH3 is 1. The van der Waals surface area contributed by atoms with Gasteiger partial charge in [0.15, 0.2) is 17.3 Å². The van der Waals surface area contributed by atoms with Gasteiger partial charge < -0.3 is 9.47 Å². The fourth-order valence-corrected chi connectivity index (χ4v) is 2.03. The van der Waals surface area contributed by atoms with Crippen LogP contribution in [0.1, 0.15) is 17.3 Å². The van der Waals surface area contributed by atoms with Gasteiger partial charge in [-0.3, -0.25) is 4.79 Å². The van der Waals surface area contributed by atoms with Gasteiger partial charge in [-0.2, -0.15) is 0 Å². The maximum absolute atomic E-state index is 11.6. The topological polar surface area (TPSA) is 35.5 Å². The highest BCUT2D eigenvalue weighted by Gasteiger charge is 2.12. The highest BCUT2D eigenvalue weighted by atomic mass is 79.9. The molecule has 0 unspecified atom stereocenters. The first kappa shape index (κ1) is 13.6. The van der Waals surface area contributed by atoms with E-state index in [0.29, 0.717) is 22.8 Å². The predicted octanol–water partition coefficient (Wildman–Crippen LogP) is 4.45. The van der Waals surface area contributed by atoms with Crippen LogP contribution in [-0.2, 0) is 0 Å². The normalized spacial score (nSPS) is 10.1. The summed E-state index contributed by atoms with van der Waals surface area (Å²) in [6, 6.07) is 12.6. The van der Waals surface area contributed by atoms with Crippen molar-refractivity contribution < 1.29 is 14.3 Å². The zero-order valence-electron chi connectivity index (χ0n) is 10.6. The Morgan fingerprint density at radius 3 is 2.37 bits per heavy atom. The van der Waals surface area contributed by atoms with E-state index in [1.165, 1.54) is 6.92 Å². The van der Waals surface area contributed by atoms with Gasteiger partial charge >= 0.3 is 0 Å². The molecule has 0 fully saturated rings. The molecule has 0 saturated heterocycles. The lowest BCUT2D eigenvalue weighted by molar-refractivity contribution is 0.101. The number of para-hydroxylation sites is 2. The van der Waals surface area contributed by atoms with E-state index in [0.717, 1.165) is 4.47 Å². The first-order chi connectivity index (χ1) is 9.11. The molecule has 0 heterocycles. The van der Waals surface area contributed by atoms with E-state index >= 15 is 0 Å². The van der Waals surface area contributed by atoms with Crippen molar-refractivity contribution in [1.29, 1.82) is 0 Å². The van der Waals surface area contributed by atoms with Gasteiger partial charge in [-0.25, -0.2) is 0 Å². The molecule has 0 amide bonds. The zero-order valence-corrected chi connectivity index (χ0v) is 12.2. The Bertz CT molecular complexity index is 608. The molecular weight excluding hydrogens is 308 g/mol. The van der Waals surface area contributed by atoms with Crippen molar-refractivity contribution in [1.82, 2.24) is 0 Å². The number of carbonyl (C=O) groups is 1. The summed E-state index contributed by atoms with van der Waals surface area (Å²) in [7, 11) is 1.58. The Kier molecular flexibility index (Phi) is 4.22. The van der Waals surface area contributed by atoms with Gasteiger partial charge in [0.05, 0.1) is 12.7 Å². The SMILES string of the molecule is COc1ccccc1Oc1cc(Br)ccc1C(C)=O. The van der Waals surface area contributed by atoms with Crippen molar-refractivity contribution in [2.24, 2.45) is 0 Å². The van der Waals surface area contributed by atoms with Crippen molar-refractivity contribution >= 4 is 21.7 Å². The van der Waals surface area contributed by atoms with Crippen molar-refractivity contribution in [3.8, 4) is 17.2 Å². The third kappa shape index (κ3) is 3.15. The van der Waals surface area contributed by atoms with Gasteiger partial charge in [-0.15, -0.1) is 0 Å². The minimum atomic E-state index is -0.0441. The van der Waals surface area contributed by atoms with Crippen LogP contribution in [0.5, 0.6) is 17.2 Å². The molecule has 2 rings (SSSR count). The van der Waals surface area contributed by atoms with E-state index in [2.05, 4.69) is 15.9 Å². The maximum Gasteiger partial charge on any atom is 0.169 e. The van der Waals surface area contributed by atoms with Crippen molar-refractivity contribution in [2.75, 3.05) is 7.11 Å². The Labute approximate surface area is 120 Å². The number of carbonyl (C=O) groups excluding carboxylic acids is 1. The van der Waals surface area contributed by atoms with E-state index < -0.39 is 0 Å². The lowest BCUT2D eigenvalue weighted by Gasteiger charge is -2.12. The molecule has 0 radical (unpaired) electrons. The number of ether oxygens (including phenoxy) is 2. The Hall–Kier alpha value is -1.81. The summed E-state index contributed by atoms with van der Waals surface area (Å²) in [5.41, 5.74) is 0.536. The minimum absolute atomic E-state index is 0.0441. The average Bonchev–Trinajstić information content (AvgIpc) is 2.39. The molecule has 98 valence electrons. The Morgan fingerprint density at radius 2 is 1.74 bits per heavy atom. The summed E-state index contributed by atoms with van der Waals surface area (Å²) in [6.45, 7) is 1.51. The molecular formula is C15H13BrO3. The Morgan fingerprint density at radius 1 is 1.05 bits per heavy atom. The fourth-order valence-electron chi connectivity index (χ4n) is 1.69. The van der Waals surface area contributed by atoms with Crippen LogP contribution in [0, 0.1) is 0 Å². The lowest BCUT2D eigenvalue weighted by Crippen LogP contribution is -1.98. The third-order valence-corrected chi connectivity index (χ3v) is 3.11. The van der Waals surface area contributed by atoms with E-state index in [9.17, 15) is 4.79 Å². The molecule has 0 saturated carbocycles. The van der Waals surface area contributed by atoms with Crippen LogP contribution in [0.25, 0.3) is 0 Å². The van der Waals surface area contributed by atoms with Gasteiger partial charge in [0.2, 0.25) is 0 Å². The van der Waals surface area contributed by atoms with Crippen LogP contribution >= 0.6 is 15.9 Å². The number of ketones is 1. The summed E-state index contributed by atoms with van der Waals surface area (Å²) >= 11 is 3.37. The third-order valence-electron chi connectivity index (χ3n) is 2.61. The largest absolute Gasteiger partial charge is 0.493 e. The monoisotopic (exact) mass is 320 g/mol. The summed E-state index contributed by atoms with van der Waals surface area (Å²) in [5, 5.41) is 0. The van der Waals surface area contributed by atoms with Crippen LogP contribution in [0.3, 0.4) is 0 Å². The molecule has 0 spiro atoms. The van der Waals surface area contributed by atoms with Crippen LogP contribution in [-0.4, -0.2) is 12.9 Å². The maximum atomic E-state index is 11.6. The van der Waals surface area contributed by atoms with Crippen molar-refractivity contribution in [3.05, 3.63) is 52.5 Å². The molecule has 2 aromatic carbocycles. The van der Waals surface area contributed by atoms with Crippen LogP contribution in [0.15, 0.2) is 46.9 Å². The van der Waals surface area contributed by atoms with Gasteiger partial charge in [0, 0.05) is 4.47 Å². The molecule has 19 heavy (non-hydrogen) atoms. The number of halogens is 1. The van der Waals surface area contributed by atoms with E-state index in [1.54, 1.807) is 31.4 Å². The van der Waals surface area contributed by atoms with Crippen molar-refractivity contribution in [2.45, 2.75) is 6.92 Å². The van der Waals surface area contributed by atoms with E-state index in [1.807, 2.05) is 18.2 Å². The number of rotatable bonds is 4. The van der Waals surface area contributed by atoms with E-state index in [-0.39, 0.29) is 5.78 Å². The summed E-state index contributed by atoms with van der Waals surface area (Å²) in [4.78, 5) is 11.6. The molecule has 0 aliphatic rings. The smallest absolute Gasteiger partial charge is 0.169 e. The first-order valence-electron chi connectivity index (χ1n) is 5.73. The second kappa shape index (κ2) is 5.89. The standard InChI is InChI=1S/C15H13BrO3/c1-10(17)12-8-7-11(16)9-15(12)19-14-6-4-3-5-13(14)18-2/h3-9H,1-2H3. The van der Waals surface area contributed by atoms with Gasteiger partial charge in [-0.05, 0) is 37.3 Å².